The number of hydrogen-bond acceptors (Lipinski definition) is 4. The summed E-state index contributed by atoms with van der Waals surface area (Å²) in [6.45, 7) is 11.6. The molecule has 5 heteroatoms. The van der Waals surface area contributed by atoms with Crippen molar-refractivity contribution in [3.8, 4) is 0 Å². The Morgan fingerprint density at radius 1 is 1.16 bits per heavy atom. The van der Waals surface area contributed by atoms with E-state index in [9.17, 15) is 14.7 Å². The van der Waals surface area contributed by atoms with Crippen LogP contribution in [0.25, 0.3) is 0 Å². The quantitative estimate of drug-likeness (QED) is 0.468. The number of carbonyl (C=O) groups is 2. The van der Waals surface area contributed by atoms with E-state index in [1.165, 1.54) is 6.92 Å². The molecule has 0 aliphatic heterocycles. The number of nitrogens with one attached hydrogen (secondary N) is 1. The molecule has 0 aromatic rings. The zero-order chi connectivity index (χ0) is 15.4. The summed E-state index contributed by atoms with van der Waals surface area (Å²) in [5, 5.41) is 12.0. The third kappa shape index (κ3) is 5.77. The van der Waals surface area contributed by atoms with Crippen LogP contribution in [0, 0.1) is 0 Å². The molecule has 0 heterocycles. The summed E-state index contributed by atoms with van der Waals surface area (Å²) in [5.41, 5.74) is -1.51. The van der Waals surface area contributed by atoms with Gasteiger partial charge in [0.1, 0.15) is 11.1 Å². The maximum atomic E-state index is 12.0. The van der Waals surface area contributed by atoms with Gasteiger partial charge in [0.15, 0.2) is 0 Å². The maximum Gasteiger partial charge on any atom is 0.331 e. The minimum atomic E-state index is -1.15. The molecule has 0 radical (unpaired) electrons. The van der Waals surface area contributed by atoms with Crippen molar-refractivity contribution in [2.75, 3.05) is 0 Å². The highest BCUT2D eigenvalue weighted by molar-refractivity contribution is 5.97. The Kier molecular flexibility index (Phi) is 5.60. The molecule has 0 aromatic carbocycles. The molecule has 0 aliphatic rings. The largest absolute Gasteiger partial charge is 0.512 e. The van der Waals surface area contributed by atoms with E-state index in [-0.39, 0.29) is 11.3 Å². The summed E-state index contributed by atoms with van der Waals surface area (Å²) in [5.74, 6) is -1.02. The monoisotopic (exact) mass is 271 g/mol. The molecule has 0 saturated heterocycles. The first-order valence-electron chi connectivity index (χ1n) is 6.35. The van der Waals surface area contributed by atoms with Crippen LogP contribution in [0.15, 0.2) is 11.3 Å². The Morgan fingerprint density at radius 3 is 1.95 bits per heavy atom. The Morgan fingerprint density at radius 2 is 1.63 bits per heavy atom. The molecule has 0 rings (SSSR count). The van der Waals surface area contributed by atoms with E-state index in [0.717, 1.165) is 0 Å². The molecule has 19 heavy (non-hydrogen) atoms. The van der Waals surface area contributed by atoms with Crippen molar-refractivity contribution >= 4 is 11.9 Å². The molecule has 110 valence electrons. The van der Waals surface area contributed by atoms with Gasteiger partial charge in [-0.25, -0.2) is 4.79 Å². The van der Waals surface area contributed by atoms with Crippen molar-refractivity contribution in [1.29, 1.82) is 0 Å². The first kappa shape index (κ1) is 17.5. The predicted molar refractivity (Wildman–Crippen MR) is 73.7 cm³/mol. The lowest BCUT2D eigenvalue weighted by atomic mass is 10.0. The van der Waals surface area contributed by atoms with Crippen molar-refractivity contribution in [2.24, 2.45) is 0 Å². The fourth-order valence-electron chi connectivity index (χ4n) is 1.40. The number of ether oxygens (including phenoxy) is 1. The highest BCUT2D eigenvalue weighted by atomic mass is 16.6. The van der Waals surface area contributed by atoms with Crippen molar-refractivity contribution in [2.45, 2.75) is 66.0 Å². The molecule has 0 unspecified atom stereocenters. The molecular weight excluding hydrogens is 246 g/mol. The lowest BCUT2D eigenvalue weighted by Crippen LogP contribution is -2.52. The van der Waals surface area contributed by atoms with E-state index in [4.69, 9.17) is 4.74 Å². The predicted octanol–water partition coefficient (Wildman–Crippen LogP) is 2.46. The number of rotatable bonds is 4. The van der Waals surface area contributed by atoms with Gasteiger partial charge in [0.25, 0.3) is 5.91 Å². The molecule has 5 nitrogen and oxygen atoms in total. The van der Waals surface area contributed by atoms with Gasteiger partial charge in [-0.1, -0.05) is 6.92 Å². The Bertz CT molecular complexity index is 385. The van der Waals surface area contributed by atoms with Gasteiger partial charge in [-0.2, -0.15) is 0 Å². The molecule has 0 fully saturated rings. The summed E-state index contributed by atoms with van der Waals surface area (Å²) >= 11 is 0. The normalized spacial score (nSPS) is 13.6. The van der Waals surface area contributed by atoms with Crippen LogP contribution in [-0.2, 0) is 14.3 Å². The zero-order valence-corrected chi connectivity index (χ0v) is 12.9. The van der Waals surface area contributed by atoms with Crippen LogP contribution in [0.2, 0.25) is 0 Å². The third-order valence-corrected chi connectivity index (χ3v) is 2.40. The lowest BCUT2D eigenvalue weighted by molar-refractivity contribution is -0.162. The summed E-state index contributed by atoms with van der Waals surface area (Å²) in [7, 11) is 0. The van der Waals surface area contributed by atoms with Crippen LogP contribution in [0.1, 0.15) is 54.9 Å². The van der Waals surface area contributed by atoms with Crippen LogP contribution in [0.3, 0.4) is 0 Å². The summed E-state index contributed by atoms with van der Waals surface area (Å²) in [4.78, 5) is 23.9. The second kappa shape index (κ2) is 6.08. The number of aliphatic hydroxyl groups is 1. The number of carbonyl (C=O) groups excluding carboxylic acids is 2. The number of esters is 1. The van der Waals surface area contributed by atoms with E-state index in [2.05, 4.69) is 5.32 Å². The van der Waals surface area contributed by atoms with Crippen molar-refractivity contribution < 1.29 is 19.4 Å². The van der Waals surface area contributed by atoms with Crippen molar-refractivity contribution in [3.63, 3.8) is 0 Å². The van der Waals surface area contributed by atoms with Gasteiger partial charge in [0, 0.05) is 0 Å². The van der Waals surface area contributed by atoms with E-state index in [1.54, 1.807) is 41.5 Å². The molecule has 0 saturated carbocycles. The average molecular weight is 271 g/mol. The topological polar surface area (TPSA) is 75.6 Å². The number of amides is 1. The smallest absolute Gasteiger partial charge is 0.331 e. The van der Waals surface area contributed by atoms with Gasteiger partial charge >= 0.3 is 5.97 Å². The zero-order valence-electron chi connectivity index (χ0n) is 12.9. The fraction of sp³-hybridized carbons (Fsp3) is 0.714. The molecule has 0 aromatic heterocycles. The van der Waals surface area contributed by atoms with Crippen LogP contribution in [0.4, 0.5) is 0 Å². The van der Waals surface area contributed by atoms with Gasteiger partial charge in [0.05, 0.1) is 11.3 Å². The minimum absolute atomic E-state index is 0.0417. The van der Waals surface area contributed by atoms with Gasteiger partial charge in [-0.15, -0.1) is 0 Å². The Labute approximate surface area is 115 Å². The van der Waals surface area contributed by atoms with Crippen LogP contribution in [0.5, 0.6) is 0 Å². The molecule has 2 N–H and O–H groups in total. The SMILES string of the molecule is CC/C(C(=O)NC(C)(C)C(=O)OC(C)(C)C)=C(\C)O. The lowest BCUT2D eigenvalue weighted by Gasteiger charge is -2.29. The van der Waals surface area contributed by atoms with Crippen molar-refractivity contribution in [1.82, 2.24) is 5.32 Å². The number of allylic oxidation sites excluding steroid dienone is 1. The van der Waals surface area contributed by atoms with Gasteiger partial charge in [-0.05, 0) is 48.0 Å². The van der Waals surface area contributed by atoms with Gasteiger partial charge in [-0.3, -0.25) is 4.79 Å². The number of aliphatic hydroxyl groups excluding tert-OH is 1. The fourth-order valence-corrected chi connectivity index (χ4v) is 1.40. The average Bonchev–Trinajstić information content (AvgIpc) is 2.13. The van der Waals surface area contributed by atoms with Crippen molar-refractivity contribution in [3.05, 3.63) is 11.3 Å². The van der Waals surface area contributed by atoms with E-state index < -0.39 is 23.0 Å². The number of hydrogen-bond donors (Lipinski definition) is 2. The van der Waals surface area contributed by atoms with Gasteiger partial charge in [0.2, 0.25) is 0 Å². The first-order valence-corrected chi connectivity index (χ1v) is 6.35. The van der Waals surface area contributed by atoms with Crippen LogP contribution >= 0.6 is 0 Å². The Balaban J connectivity index is 4.92. The first-order chi connectivity index (χ1) is 8.40. The van der Waals surface area contributed by atoms with Crippen LogP contribution < -0.4 is 5.32 Å². The molecule has 0 bridgehead atoms. The van der Waals surface area contributed by atoms with Gasteiger partial charge < -0.3 is 15.2 Å². The summed E-state index contributed by atoms with van der Waals surface area (Å²) < 4.78 is 5.25. The van der Waals surface area contributed by atoms with E-state index in [1.807, 2.05) is 0 Å². The summed E-state index contributed by atoms with van der Waals surface area (Å²) in [6.07, 6.45) is 0.387. The van der Waals surface area contributed by atoms with E-state index in [0.29, 0.717) is 6.42 Å². The Hall–Kier alpha value is -1.52. The molecule has 0 spiro atoms. The standard InChI is InChI=1S/C14H25NO4/c1-8-10(9(2)16)11(17)15-14(6,7)12(18)19-13(3,4)5/h16H,8H2,1-7H3,(H,15,17)/b10-9-. The molecular formula is C14H25NO4. The second-order valence-electron chi connectivity index (χ2n) is 6.00. The second-order valence-corrected chi connectivity index (χ2v) is 6.00. The highest BCUT2D eigenvalue weighted by Gasteiger charge is 2.34. The minimum Gasteiger partial charge on any atom is -0.512 e. The summed E-state index contributed by atoms with van der Waals surface area (Å²) in [6, 6.07) is 0. The molecule has 0 aliphatic carbocycles. The van der Waals surface area contributed by atoms with E-state index >= 15 is 0 Å². The highest BCUT2D eigenvalue weighted by Crippen LogP contribution is 2.15. The molecule has 0 atom stereocenters. The molecule has 1 amide bonds. The maximum absolute atomic E-state index is 12.0. The third-order valence-electron chi connectivity index (χ3n) is 2.40. The van der Waals surface area contributed by atoms with Crippen LogP contribution in [-0.4, -0.2) is 28.1 Å².